The molecule has 105 heavy (non-hydrogen) atoms. The first-order chi connectivity index (χ1) is 51.9. The second-order valence-corrected chi connectivity index (χ2v) is 26.7. The van der Waals surface area contributed by atoms with Crippen molar-refractivity contribution < 1.29 is 8.83 Å². The van der Waals surface area contributed by atoms with Gasteiger partial charge in [0, 0.05) is 87.5 Å². The van der Waals surface area contributed by atoms with Gasteiger partial charge in [-0.2, -0.15) is 0 Å². The van der Waals surface area contributed by atoms with Crippen LogP contribution in [0.3, 0.4) is 0 Å². The lowest BCUT2D eigenvalue weighted by Gasteiger charge is -2.13. The first-order valence-corrected chi connectivity index (χ1v) is 35.3. The molecule has 0 spiro atoms. The maximum absolute atomic E-state index is 6.84. The Balaban J connectivity index is 0.000000118. The van der Waals surface area contributed by atoms with E-state index in [9.17, 15) is 0 Å². The molecule has 0 atom stereocenters. The Hall–Kier alpha value is -13.9. The summed E-state index contributed by atoms with van der Waals surface area (Å²) < 4.78 is 15.3. The zero-order valence-electron chi connectivity index (χ0n) is 56.2. The molecule has 0 radical (unpaired) electrons. The van der Waals surface area contributed by atoms with Gasteiger partial charge in [-0.3, -0.25) is 0 Å². The zero-order chi connectivity index (χ0) is 69.5. The van der Waals surface area contributed by atoms with E-state index in [1.165, 1.54) is 64.9 Å². The minimum absolute atomic E-state index is 0.553. The summed E-state index contributed by atoms with van der Waals surface area (Å²) in [5.74, 6) is 3.62. The molecule has 0 bridgehead atoms. The van der Waals surface area contributed by atoms with Crippen molar-refractivity contribution in [1.29, 1.82) is 0 Å². The number of nitrogens with one attached hydrogen (secondary N) is 1. The third kappa shape index (κ3) is 10.8. The number of nitrogens with zero attached hydrogens (tertiary/aromatic N) is 7. The van der Waals surface area contributed by atoms with Gasteiger partial charge in [-0.15, -0.1) is 0 Å². The van der Waals surface area contributed by atoms with Crippen LogP contribution in [0.15, 0.2) is 349 Å². The van der Waals surface area contributed by atoms with E-state index in [1.807, 2.05) is 121 Å². The van der Waals surface area contributed by atoms with Crippen LogP contribution in [0.25, 0.3) is 205 Å². The number of furan rings is 2. The van der Waals surface area contributed by atoms with E-state index in [-0.39, 0.29) is 0 Å². The van der Waals surface area contributed by atoms with Gasteiger partial charge in [0.1, 0.15) is 11.2 Å². The first-order valence-electron chi connectivity index (χ1n) is 34.9. The third-order valence-corrected chi connectivity index (χ3v) is 20.3. The molecule has 492 valence electrons. The van der Waals surface area contributed by atoms with Crippen molar-refractivity contribution in [2.24, 2.45) is 0 Å². The number of fused-ring (bicyclic) bond motifs is 16. The molecule has 0 aliphatic heterocycles. The second kappa shape index (κ2) is 25.3. The highest BCUT2D eigenvalue weighted by atomic mass is 35.5. The van der Waals surface area contributed by atoms with E-state index in [0.29, 0.717) is 45.6 Å². The molecule has 0 aliphatic rings. The van der Waals surface area contributed by atoms with E-state index in [2.05, 4.69) is 228 Å². The van der Waals surface area contributed by atoms with Crippen LogP contribution in [0.2, 0.25) is 5.02 Å². The minimum Gasteiger partial charge on any atom is -0.454 e. The Bertz CT molecular complexity index is 7200. The SMILES string of the molecule is Clc1ccc(-c2nc(-c3ccccc3)nc(-c3ccc4ccccc4c3)n2)c2c1oc1ccccc12.c1ccc(-c2nc(-c3ccc4ccccc4c3)nc(-c3ccc(-n4c5ccccc5c5cc6ccccc6cc54)c4oc5ccccc5c34)n2)cc1.c1ccc2cc3c(cc2c1)[nH]c1ccccc13. The third-order valence-electron chi connectivity index (χ3n) is 20.0. The molecule has 0 amide bonds. The van der Waals surface area contributed by atoms with Crippen LogP contribution < -0.4 is 0 Å². The predicted octanol–water partition coefficient (Wildman–Crippen LogP) is 25.2. The predicted molar refractivity (Wildman–Crippen MR) is 432 cm³/mol. The van der Waals surface area contributed by atoms with E-state index in [4.69, 9.17) is 50.3 Å². The number of aromatic nitrogens is 8. The van der Waals surface area contributed by atoms with Gasteiger partial charge < -0.3 is 18.4 Å². The average Bonchev–Trinajstić information content (AvgIpc) is 1.57. The normalized spacial score (nSPS) is 11.7. The van der Waals surface area contributed by atoms with Crippen LogP contribution >= 0.6 is 11.6 Å². The van der Waals surface area contributed by atoms with Gasteiger partial charge in [-0.25, -0.2) is 29.9 Å². The van der Waals surface area contributed by atoms with Gasteiger partial charge in [0.25, 0.3) is 0 Å². The maximum Gasteiger partial charge on any atom is 0.164 e. The molecule has 1 N–H and O–H groups in total. The summed E-state index contributed by atoms with van der Waals surface area (Å²) in [7, 11) is 0. The van der Waals surface area contributed by atoms with E-state index >= 15 is 0 Å². The Morgan fingerprint density at radius 1 is 0.257 bits per heavy atom. The molecule has 22 rings (SSSR count). The van der Waals surface area contributed by atoms with Gasteiger partial charge in [0.2, 0.25) is 0 Å². The van der Waals surface area contributed by atoms with Crippen molar-refractivity contribution in [1.82, 2.24) is 39.5 Å². The van der Waals surface area contributed by atoms with Crippen molar-refractivity contribution in [3.63, 3.8) is 0 Å². The highest BCUT2D eigenvalue weighted by Crippen LogP contribution is 2.45. The number of halogens is 1. The molecule has 11 heteroatoms. The summed E-state index contributed by atoms with van der Waals surface area (Å²) in [4.78, 5) is 33.6. The standard InChI is InChI=1S/C47H28N4O.C31H18ClN3O.C16H11N/c1-2-13-30(14-3-1)45-48-46(34-23-22-29-12-4-5-15-31(29)26-34)50-47(49-45)37-24-25-40(44-43(37)36-19-9-11-21-42(36)52-44)51-39-20-10-8-18-35(39)38-27-32-16-6-7-17-33(32)28-41(38)51;32-25-17-16-24(27-23-12-6-7-13-26(23)36-28(25)27)31-34-29(20-9-2-1-3-10-20)33-30(35-31)22-15-14-19-8-4-5-11-21(19)18-22;1-2-6-12-10-16-14(9-11(12)5-1)13-7-3-4-8-15(13)17-16/h1-28H;1-18H;1-10,17H. The summed E-state index contributed by atoms with van der Waals surface area (Å²) in [6, 6.07) is 117. The summed E-state index contributed by atoms with van der Waals surface area (Å²) in [5.41, 5.74) is 14.1. The molecule has 6 aromatic heterocycles. The lowest BCUT2D eigenvalue weighted by molar-refractivity contribution is 0.666. The topological polar surface area (TPSA) is 124 Å². The van der Waals surface area contributed by atoms with Crippen molar-refractivity contribution in [2.45, 2.75) is 0 Å². The quantitative estimate of drug-likeness (QED) is 0.167. The molecule has 0 unspecified atom stereocenters. The number of para-hydroxylation sites is 4. The fraction of sp³-hybridized carbons (Fsp3) is 0. The molecular weight excluding hydrogens is 1310 g/mol. The van der Waals surface area contributed by atoms with Crippen LogP contribution in [0, 0.1) is 0 Å². The number of hydrogen-bond acceptors (Lipinski definition) is 8. The van der Waals surface area contributed by atoms with Crippen molar-refractivity contribution >= 4 is 142 Å². The van der Waals surface area contributed by atoms with Crippen LogP contribution in [-0.2, 0) is 0 Å². The molecule has 0 saturated carbocycles. The lowest BCUT2D eigenvalue weighted by atomic mass is 10.0. The Morgan fingerprint density at radius 3 is 1.24 bits per heavy atom. The van der Waals surface area contributed by atoms with Gasteiger partial charge in [-0.1, -0.05) is 266 Å². The zero-order valence-corrected chi connectivity index (χ0v) is 56.9. The van der Waals surface area contributed by atoms with Crippen LogP contribution in [-0.4, -0.2) is 39.5 Å². The van der Waals surface area contributed by atoms with Crippen molar-refractivity contribution in [3.05, 3.63) is 345 Å². The monoisotopic (exact) mass is 1360 g/mol. The highest BCUT2D eigenvalue weighted by Gasteiger charge is 2.25. The Morgan fingerprint density at radius 2 is 0.667 bits per heavy atom. The maximum atomic E-state index is 6.84. The van der Waals surface area contributed by atoms with Crippen LogP contribution in [0.1, 0.15) is 0 Å². The van der Waals surface area contributed by atoms with E-state index in [1.54, 1.807) is 0 Å². The van der Waals surface area contributed by atoms with Crippen molar-refractivity contribution in [3.8, 4) is 74.0 Å². The lowest BCUT2D eigenvalue weighted by Crippen LogP contribution is -2.01. The number of rotatable bonds is 7. The Kier molecular flexibility index (Phi) is 14.7. The molecule has 22 aromatic rings. The van der Waals surface area contributed by atoms with Gasteiger partial charge >= 0.3 is 0 Å². The minimum atomic E-state index is 0.553. The Labute approximate surface area is 605 Å². The summed E-state index contributed by atoms with van der Waals surface area (Å²) in [6.07, 6.45) is 0. The molecule has 6 heterocycles. The van der Waals surface area contributed by atoms with Crippen molar-refractivity contribution in [2.75, 3.05) is 0 Å². The first kappa shape index (κ1) is 61.0. The van der Waals surface area contributed by atoms with E-state index in [0.717, 1.165) is 99.2 Å². The molecule has 0 aliphatic carbocycles. The second-order valence-electron chi connectivity index (χ2n) is 26.3. The number of H-pyrrole nitrogens is 1. The smallest absolute Gasteiger partial charge is 0.164 e. The van der Waals surface area contributed by atoms with E-state index < -0.39 is 0 Å². The fourth-order valence-electron chi connectivity index (χ4n) is 15.0. The summed E-state index contributed by atoms with van der Waals surface area (Å²) >= 11 is 6.55. The summed E-state index contributed by atoms with van der Waals surface area (Å²) in [5, 5.41) is 19.0. The van der Waals surface area contributed by atoms with Gasteiger partial charge in [0.05, 0.1) is 21.7 Å². The number of aromatic amines is 1. The molecule has 0 saturated heterocycles. The molecular formula is C94H57ClN8O2. The molecule has 0 fully saturated rings. The van der Waals surface area contributed by atoms with Gasteiger partial charge in [-0.05, 0) is 128 Å². The molecule has 10 nitrogen and oxygen atoms in total. The largest absolute Gasteiger partial charge is 0.454 e. The summed E-state index contributed by atoms with van der Waals surface area (Å²) in [6.45, 7) is 0. The fourth-order valence-corrected chi connectivity index (χ4v) is 15.1. The highest BCUT2D eigenvalue weighted by molar-refractivity contribution is 6.36. The number of hydrogen-bond donors (Lipinski definition) is 1. The average molecular weight is 1370 g/mol. The van der Waals surface area contributed by atoms with Crippen LogP contribution in [0.4, 0.5) is 0 Å². The number of benzene rings is 16. The van der Waals surface area contributed by atoms with Crippen LogP contribution in [0.5, 0.6) is 0 Å². The molecule has 16 aromatic carbocycles. The van der Waals surface area contributed by atoms with Gasteiger partial charge in [0.15, 0.2) is 46.1 Å².